The lowest BCUT2D eigenvalue weighted by Crippen LogP contribution is -2.27. The molecule has 3 aromatic rings. The molecule has 0 saturated carbocycles. The van der Waals surface area contributed by atoms with Crippen molar-refractivity contribution in [1.29, 1.82) is 0 Å². The molecule has 0 spiro atoms. The van der Waals surface area contributed by atoms with Gasteiger partial charge < -0.3 is 5.32 Å². The Balaban J connectivity index is 1.40. The number of thiophene rings is 1. The van der Waals surface area contributed by atoms with Crippen molar-refractivity contribution in [1.82, 2.24) is 14.3 Å². The molecule has 1 fully saturated rings. The van der Waals surface area contributed by atoms with Crippen molar-refractivity contribution < 1.29 is 8.42 Å². The van der Waals surface area contributed by atoms with Crippen molar-refractivity contribution in [3.8, 4) is 10.6 Å². The van der Waals surface area contributed by atoms with E-state index in [9.17, 15) is 8.42 Å². The SMILES string of the molecule is Cc1nc(-c2ccc(CNc3ccc(S(=O)(=O)N4CCCC4)cn3)s2)cs1. The number of aromatic nitrogens is 2. The fourth-order valence-corrected chi connectivity index (χ4v) is 6.04. The first-order valence-corrected chi connectivity index (χ1v) is 11.9. The van der Waals surface area contributed by atoms with Crippen LogP contribution >= 0.6 is 22.7 Å². The molecule has 1 N–H and O–H groups in total. The Morgan fingerprint density at radius 1 is 1.19 bits per heavy atom. The molecule has 142 valence electrons. The Morgan fingerprint density at radius 2 is 2.00 bits per heavy atom. The first-order chi connectivity index (χ1) is 13.0. The lowest BCUT2D eigenvalue weighted by molar-refractivity contribution is 0.477. The maximum Gasteiger partial charge on any atom is 0.244 e. The second kappa shape index (κ2) is 7.67. The molecule has 0 atom stereocenters. The number of anilines is 1. The Kier molecular flexibility index (Phi) is 5.27. The van der Waals surface area contributed by atoms with Crippen LogP contribution in [0.1, 0.15) is 22.7 Å². The summed E-state index contributed by atoms with van der Waals surface area (Å²) in [5.74, 6) is 0.662. The number of pyridine rings is 1. The standard InChI is InChI=1S/C18H20N4O2S3/c1-13-21-16(12-25-13)17-6-4-14(26-17)10-19-18-7-5-15(11-20-18)27(23,24)22-8-2-3-9-22/h4-7,11-12H,2-3,8-10H2,1H3,(H,19,20). The Labute approximate surface area is 167 Å². The second-order valence-electron chi connectivity index (χ2n) is 6.36. The number of thiazole rings is 1. The number of nitrogens with one attached hydrogen (secondary N) is 1. The average molecular weight is 421 g/mol. The van der Waals surface area contributed by atoms with Gasteiger partial charge >= 0.3 is 0 Å². The molecule has 27 heavy (non-hydrogen) atoms. The van der Waals surface area contributed by atoms with Crippen LogP contribution in [-0.4, -0.2) is 35.8 Å². The van der Waals surface area contributed by atoms with Crippen LogP contribution in [0, 0.1) is 6.92 Å². The van der Waals surface area contributed by atoms with Crippen molar-refractivity contribution in [2.24, 2.45) is 0 Å². The summed E-state index contributed by atoms with van der Waals surface area (Å²) in [7, 11) is -3.41. The topological polar surface area (TPSA) is 75.2 Å². The molecule has 0 unspecified atom stereocenters. The smallest absolute Gasteiger partial charge is 0.244 e. The largest absolute Gasteiger partial charge is 0.365 e. The van der Waals surface area contributed by atoms with Crippen molar-refractivity contribution in [2.45, 2.75) is 31.2 Å². The molecule has 0 amide bonds. The monoisotopic (exact) mass is 420 g/mol. The van der Waals surface area contributed by atoms with Crippen LogP contribution in [-0.2, 0) is 16.6 Å². The summed E-state index contributed by atoms with van der Waals surface area (Å²) in [6, 6.07) is 7.51. The molecule has 0 bridgehead atoms. The van der Waals surface area contributed by atoms with E-state index in [4.69, 9.17) is 0 Å². The highest BCUT2D eigenvalue weighted by Crippen LogP contribution is 2.29. The summed E-state index contributed by atoms with van der Waals surface area (Å²) < 4.78 is 26.6. The van der Waals surface area contributed by atoms with Gasteiger partial charge in [0.15, 0.2) is 0 Å². The molecule has 9 heteroatoms. The van der Waals surface area contributed by atoms with Crippen LogP contribution in [0.25, 0.3) is 10.6 Å². The molecule has 1 saturated heterocycles. The van der Waals surface area contributed by atoms with Crippen molar-refractivity contribution in [3.63, 3.8) is 0 Å². The highest BCUT2D eigenvalue weighted by atomic mass is 32.2. The molecular formula is C18H20N4O2S3. The number of sulfonamides is 1. The first-order valence-electron chi connectivity index (χ1n) is 8.74. The van der Waals surface area contributed by atoms with Gasteiger partial charge in [-0.25, -0.2) is 18.4 Å². The summed E-state index contributed by atoms with van der Waals surface area (Å²) in [5.41, 5.74) is 1.02. The summed E-state index contributed by atoms with van der Waals surface area (Å²) >= 11 is 3.34. The first kappa shape index (κ1) is 18.5. The quantitative estimate of drug-likeness (QED) is 0.653. The lowest BCUT2D eigenvalue weighted by atomic mass is 10.3. The Morgan fingerprint density at radius 3 is 2.67 bits per heavy atom. The van der Waals surface area contributed by atoms with Crippen LogP contribution in [0.3, 0.4) is 0 Å². The second-order valence-corrected chi connectivity index (χ2v) is 10.5. The zero-order valence-electron chi connectivity index (χ0n) is 14.9. The van der Waals surface area contributed by atoms with Crippen LogP contribution in [0.2, 0.25) is 0 Å². The zero-order chi connectivity index (χ0) is 18.9. The van der Waals surface area contributed by atoms with Crippen LogP contribution in [0.15, 0.2) is 40.7 Å². The van der Waals surface area contributed by atoms with E-state index in [0.717, 1.165) is 28.4 Å². The zero-order valence-corrected chi connectivity index (χ0v) is 17.3. The minimum Gasteiger partial charge on any atom is -0.365 e. The fraction of sp³-hybridized carbons (Fsp3) is 0.333. The number of hydrogen-bond acceptors (Lipinski definition) is 7. The summed E-state index contributed by atoms with van der Waals surface area (Å²) in [4.78, 5) is 11.4. The van der Waals surface area contributed by atoms with Crippen molar-refractivity contribution >= 4 is 38.5 Å². The van der Waals surface area contributed by atoms with Crippen LogP contribution in [0.5, 0.6) is 0 Å². The minimum atomic E-state index is -3.41. The summed E-state index contributed by atoms with van der Waals surface area (Å²) in [5, 5.41) is 6.38. The molecule has 1 aliphatic rings. The molecule has 0 radical (unpaired) electrons. The molecule has 0 aliphatic carbocycles. The van der Waals surface area contributed by atoms with E-state index < -0.39 is 10.0 Å². The normalized spacial score (nSPS) is 15.3. The molecule has 4 heterocycles. The molecular weight excluding hydrogens is 400 g/mol. The van der Waals surface area contributed by atoms with Gasteiger partial charge in [0.1, 0.15) is 10.7 Å². The average Bonchev–Trinajstić information content (AvgIpc) is 3.41. The van der Waals surface area contributed by atoms with Gasteiger partial charge in [-0.1, -0.05) is 0 Å². The van der Waals surface area contributed by atoms with Gasteiger partial charge in [-0.3, -0.25) is 0 Å². The minimum absolute atomic E-state index is 0.257. The fourth-order valence-electron chi connectivity index (χ4n) is 2.98. The third kappa shape index (κ3) is 4.06. The third-order valence-corrected chi connectivity index (χ3v) is 8.18. The lowest BCUT2D eigenvalue weighted by Gasteiger charge is -2.15. The van der Waals surface area contributed by atoms with Crippen LogP contribution in [0.4, 0.5) is 5.82 Å². The number of rotatable bonds is 6. The van der Waals surface area contributed by atoms with E-state index in [1.807, 2.05) is 6.92 Å². The highest BCUT2D eigenvalue weighted by Gasteiger charge is 2.27. The van der Waals surface area contributed by atoms with Crippen molar-refractivity contribution in [3.05, 3.63) is 45.7 Å². The van der Waals surface area contributed by atoms with E-state index >= 15 is 0 Å². The number of hydrogen-bond donors (Lipinski definition) is 1. The Bertz CT molecular complexity index is 1020. The predicted molar refractivity (Wildman–Crippen MR) is 110 cm³/mol. The summed E-state index contributed by atoms with van der Waals surface area (Å²) in [6.45, 7) is 3.84. The van der Waals surface area contributed by atoms with E-state index in [2.05, 4.69) is 32.8 Å². The number of aryl methyl sites for hydroxylation is 1. The van der Waals surface area contributed by atoms with Gasteiger partial charge in [-0.05, 0) is 44.0 Å². The number of nitrogens with zero attached hydrogens (tertiary/aromatic N) is 3. The molecule has 6 nitrogen and oxygen atoms in total. The molecule has 0 aromatic carbocycles. The van der Waals surface area contributed by atoms with Gasteiger partial charge in [0.05, 0.1) is 22.1 Å². The summed E-state index contributed by atoms with van der Waals surface area (Å²) in [6.07, 6.45) is 3.29. The van der Waals surface area contributed by atoms with Crippen LogP contribution < -0.4 is 5.32 Å². The van der Waals surface area contributed by atoms with E-state index in [1.165, 1.54) is 15.4 Å². The third-order valence-electron chi connectivity index (χ3n) is 4.42. The maximum atomic E-state index is 12.5. The van der Waals surface area contributed by atoms with Crippen molar-refractivity contribution in [2.75, 3.05) is 18.4 Å². The van der Waals surface area contributed by atoms with Gasteiger partial charge in [-0.15, -0.1) is 22.7 Å². The predicted octanol–water partition coefficient (Wildman–Crippen LogP) is 3.97. The van der Waals surface area contributed by atoms with Gasteiger partial charge in [0.25, 0.3) is 0 Å². The molecule has 1 aliphatic heterocycles. The molecule has 4 rings (SSSR count). The van der Waals surface area contributed by atoms with E-state index in [1.54, 1.807) is 34.8 Å². The van der Waals surface area contributed by atoms with E-state index in [0.29, 0.717) is 25.5 Å². The maximum absolute atomic E-state index is 12.5. The van der Waals surface area contributed by atoms with Gasteiger partial charge in [0.2, 0.25) is 10.0 Å². The highest BCUT2D eigenvalue weighted by molar-refractivity contribution is 7.89. The van der Waals surface area contributed by atoms with Gasteiger partial charge in [0, 0.05) is 29.5 Å². The molecule has 3 aromatic heterocycles. The Hall–Kier alpha value is -1.81. The van der Waals surface area contributed by atoms with E-state index in [-0.39, 0.29) is 4.90 Å². The van der Waals surface area contributed by atoms with Gasteiger partial charge in [-0.2, -0.15) is 4.31 Å².